The largest absolute Gasteiger partial charge is 0.508 e. The van der Waals surface area contributed by atoms with E-state index in [1.807, 2.05) is 0 Å². The van der Waals surface area contributed by atoms with Gasteiger partial charge in [0.1, 0.15) is 5.75 Å². The van der Waals surface area contributed by atoms with Gasteiger partial charge in [-0.2, -0.15) is 0 Å². The van der Waals surface area contributed by atoms with Crippen molar-refractivity contribution in [3.63, 3.8) is 0 Å². The van der Waals surface area contributed by atoms with Gasteiger partial charge in [0.15, 0.2) is 0 Å². The number of hydrogen-bond acceptors (Lipinski definition) is 2. The maximum atomic E-state index is 8.76. The Hall–Kier alpha value is -0.955. The molecule has 0 bridgehead atoms. The second-order valence-corrected chi connectivity index (χ2v) is 1.72. The first-order valence-corrected chi connectivity index (χ1v) is 2.59. The molecular weight excluding hydrogens is 115 g/mol. The van der Waals surface area contributed by atoms with E-state index >= 15 is 0 Å². The Bertz CT molecular complexity index is 183. The molecule has 0 saturated carbocycles. The molecule has 1 rings (SSSR count). The van der Waals surface area contributed by atoms with E-state index in [1.54, 1.807) is 12.1 Å². The molecule has 45 valence electrons. The molecule has 2 nitrogen and oxygen atoms in total. The summed E-state index contributed by atoms with van der Waals surface area (Å²) in [6, 6.07) is 6.27. The molecule has 0 aliphatic heterocycles. The second kappa shape index (κ2) is 2.55. The lowest BCUT2D eigenvalue weighted by atomic mass is 9.89. The van der Waals surface area contributed by atoms with Crippen molar-refractivity contribution in [1.82, 2.24) is 0 Å². The van der Waals surface area contributed by atoms with Crippen molar-refractivity contribution in [3.8, 4) is 5.75 Å². The molecule has 0 spiro atoms. The van der Waals surface area contributed by atoms with Gasteiger partial charge in [-0.25, -0.2) is 0 Å². The first-order chi connectivity index (χ1) is 4.33. The summed E-state index contributed by atoms with van der Waals surface area (Å²) in [7, 11) is 0.986. The van der Waals surface area contributed by atoms with Crippen LogP contribution in [-0.2, 0) is 0 Å². The van der Waals surface area contributed by atoms with Gasteiger partial charge in [0.25, 0.3) is 0 Å². The third-order valence-electron chi connectivity index (χ3n) is 1.04. The topological polar surface area (TPSA) is 40.5 Å². The summed E-state index contributed by atoms with van der Waals surface area (Å²) >= 11 is 0. The van der Waals surface area contributed by atoms with E-state index in [0.29, 0.717) is 5.46 Å². The average molecular weight is 121 g/mol. The Morgan fingerprint density at radius 3 is 2.11 bits per heavy atom. The molecule has 0 atom stereocenters. The van der Waals surface area contributed by atoms with Gasteiger partial charge in [-0.1, -0.05) is 17.6 Å². The molecule has 9 heavy (non-hydrogen) atoms. The Morgan fingerprint density at radius 2 is 1.67 bits per heavy atom. The zero-order valence-electron chi connectivity index (χ0n) is 4.78. The zero-order valence-corrected chi connectivity index (χ0v) is 4.78. The van der Waals surface area contributed by atoms with E-state index < -0.39 is 0 Å². The van der Waals surface area contributed by atoms with Gasteiger partial charge in [-0.15, -0.1) is 0 Å². The quantitative estimate of drug-likeness (QED) is 0.497. The number of phenols is 1. The maximum Gasteiger partial charge on any atom is 0.326 e. The summed E-state index contributed by atoms with van der Waals surface area (Å²) in [6.45, 7) is 0. The Balaban J connectivity index is 2.88. The van der Waals surface area contributed by atoms with E-state index in [1.165, 1.54) is 12.1 Å². The smallest absolute Gasteiger partial charge is 0.326 e. The number of benzene rings is 1. The minimum absolute atomic E-state index is 0.209. The van der Waals surface area contributed by atoms with Gasteiger partial charge in [-0.3, -0.25) is 0 Å². The zero-order chi connectivity index (χ0) is 6.69. The molecule has 2 N–H and O–H groups in total. The molecule has 0 saturated heterocycles. The van der Waals surface area contributed by atoms with Gasteiger partial charge in [0.05, 0.1) is 0 Å². The second-order valence-electron chi connectivity index (χ2n) is 1.72. The molecule has 0 unspecified atom stereocenters. The van der Waals surface area contributed by atoms with Crippen LogP contribution >= 0.6 is 0 Å². The van der Waals surface area contributed by atoms with Crippen LogP contribution in [-0.4, -0.2) is 17.6 Å². The molecular formula is C6H6BO2. The predicted molar refractivity (Wildman–Crippen MR) is 35.7 cm³/mol. The van der Waals surface area contributed by atoms with Crippen molar-refractivity contribution in [1.29, 1.82) is 0 Å². The average Bonchev–Trinajstić information content (AvgIpc) is 1.90. The standard InChI is InChI=1S/C6H6BO2/c8-6-3-1-5(7-9)2-4-6/h1-4,8-9H. The maximum absolute atomic E-state index is 8.76. The molecule has 0 amide bonds. The molecule has 0 heterocycles. The molecule has 3 heteroatoms. The van der Waals surface area contributed by atoms with Crippen LogP contribution < -0.4 is 5.46 Å². The van der Waals surface area contributed by atoms with Crippen LogP contribution in [0.1, 0.15) is 0 Å². The SMILES string of the molecule is O[B]c1ccc(O)cc1. The first kappa shape index (κ1) is 6.17. The van der Waals surface area contributed by atoms with Crippen molar-refractivity contribution in [2.75, 3.05) is 0 Å². The predicted octanol–water partition coefficient (Wildman–Crippen LogP) is -0.371. The van der Waals surface area contributed by atoms with Crippen molar-refractivity contribution in [2.24, 2.45) is 0 Å². The molecule has 1 radical (unpaired) electrons. The summed E-state index contributed by atoms with van der Waals surface area (Å²) in [5.41, 5.74) is 0.688. The fraction of sp³-hybridized carbons (Fsp3) is 0. The fourth-order valence-corrected chi connectivity index (χ4v) is 0.560. The van der Waals surface area contributed by atoms with Crippen molar-refractivity contribution in [2.45, 2.75) is 0 Å². The molecule has 1 aromatic carbocycles. The van der Waals surface area contributed by atoms with E-state index in [0.717, 1.165) is 7.48 Å². The Morgan fingerprint density at radius 1 is 1.11 bits per heavy atom. The Labute approximate surface area is 54.0 Å². The van der Waals surface area contributed by atoms with Crippen LogP contribution in [0.5, 0.6) is 5.75 Å². The minimum Gasteiger partial charge on any atom is -0.508 e. The lowest BCUT2D eigenvalue weighted by Gasteiger charge is -1.91. The van der Waals surface area contributed by atoms with Crippen LogP contribution in [0, 0.1) is 0 Å². The molecule has 0 aliphatic carbocycles. The van der Waals surface area contributed by atoms with Crippen LogP contribution in [0.2, 0.25) is 0 Å². The molecule has 0 aromatic heterocycles. The lowest BCUT2D eigenvalue weighted by molar-refractivity contribution is 0.475. The van der Waals surface area contributed by atoms with Gasteiger partial charge >= 0.3 is 7.48 Å². The highest BCUT2D eigenvalue weighted by Crippen LogP contribution is 2.01. The van der Waals surface area contributed by atoms with E-state index in [9.17, 15) is 0 Å². The monoisotopic (exact) mass is 121 g/mol. The lowest BCUT2D eigenvalue weighted by Crippen LogP contribution is -2.11. The van der Waals surface area contributed by atoms with E-state index in [-0.39, 0.29) is 5.75 Å². The van der Waals surface area contributed by atoms with Gasteiger partial charge in [0.2, 0.25) is 0 Å². The first-order valence-electron chi connectivity index (χ1n) is 2.59. The molecule has 0 fully saturated rings. The van der Waals surface area contributed by atoms with Crippen molar-refractivity contribution >= 4 is 12.9 Å². The minimum atomic E-state index is 0.209. The normalized spacial score (nSPS) is 9.00. The van der Waals surface area contributed by atoms with Gasteiger partial charge in [0, 0.05) is 0 Å². The third kappa shape index (κ3) is 1.47. The highest BCUT2D eigenvalue weighted by molar-refractivity contribution is 6.45. The van der Waals surface area contributed by atoms with Crippen LogP contribution in [0.15, 0.2) is 24.3 Å². The van der Waals surface area contributed by atoms with Crippen molar-refractivity contribution in [3.05, 3.63) is 24.3 Å². The van der Waals surface area contributed by atoms with Crippen LogP contribution in [0.4, 0.5) is 0 Å². The number of aromatic hydroxyl groups is 1. The molecule has 0 aliphatic rings. The Kier molecular flexibility index (Phi) is 1.75. The summed E-state index contributed by atoms with van der Waals surface area (Å²) in [6.07, 6.45) is 0. The fourth-order valence-electron chi connectivity index (χ4n) is 0.560. The summed E-state index contributed by atoms with van der Waals surface area (Å²) in [5, 5.41) is 17.2. The number of rotatable bonds is 1. The number of hydrogen-bond donors (Lipinski definition) is 2. The number of phenolic OH excluding ortho intramolecular Hbond substituents is 1. The van der Waals surface area contributed by atoms with Crippen molar-refractivity contribution < 1.29 is 10.1 Å². The van der Waals surface area contributed by atoms with Crippen LogP contribution in [0.25, 0.3) is 0 Å². The van der Waals surface area contributed by atoms with Crippen LogP contribution in [0.3, 0.4) is 0 Å². The highest BCUT2D eigenvalue weighted by Gasteiger charge is 1.90. The van der Waals surface area contributed by atoms with Gasteiger partial charge in [-0.05, 0) is 12.1 Å². The van der Waals surface area contributed by atoms with E-state index in [2.05, 4.69) is 0 Å². The summed E-state index contributed by atoms with van der Waals surface area (Å²) in [4.78, 5) is 0. The van der Waals surface area contributed by atoms with Gasteiger partial charge < -0.3 is 10.1 Å². The van der Waals surface area contributed by atoms with E-state index in [4.69, 9.17) is 10.1 Å². The summed E-state index contributed by atoms with van der Waals surface area (Å²) in [5.74, 6) is 0.209. The third-order valence-corrected chi connectivity index (χ3v) is 1.04. The highest BCUT2D eigenvalue weighted by atomic mass is 16.3. The summed E-state index contributed by atoms with van der Waals surface area (Å²) < 4.78 is 0. The molecule has 1 aromatic rings.